The van der Waals surface area contributed by atoms with Gasteiger partial charge in [0.15, 0.2) is 6.29 Å². The highest BCUT2D eigenvalue weighted by atomic mass is 16.7. The molecule has 2 saturated heterocycles. The molecular weight excluding hydrogens is 302 g/mol. The number of aliphatic hydroxyl groups is 1. The number of methoxy groups -OCH3 is 1. The van der Waals surface area contributed by atoms with Crippen molar-refractivity contribution >= 4 is 18.5 Å². The second kappa shape index (κ2) is 6.67. The zero-order valence-electron chi connectivity index (χ0n) is 13.8. The van der Waals surface area contributed by atoms with E-state index in [2.05, 4.69) is 5.32 Å². The van der Waals surface area contributed by atoms with E-state index in [0.717, 1.165) is 6.29 Å². The molecule has 2 aliphatic rings. The molecule has 7 nitrogen and oxygen atoms in total. The van der Waals surface area contributed by atoms with E-state index >= 15 is 0 Å². The highest BCUT2D eigenvalue weighted by Gasteiger charge is 2.77. The fraction of sp³-hybridized carbons (Fsp3) is 0.812. The molecule has 130 valence electrons. The van der Waals surface area contributed by atoms with Gasteiger partial charge in [0.1, 0.15) is 23.7 Å². The van der Waals surface area contributed by atoms with Gasteiger partial charge in [-0.1, -0.05) is 6.92 Å². The van der Waals surface area contributed by atoms with Crippen molar-refractivity contribution in [1.29, 1.82) is 0 Å². The number of hydrogen-bond donors (Lipinski definition) is 2. The van der Waals surface area contributed by atoms with Gasteiger partial charge in [0, 0.05) is 19.4 Å². The van der Waals surface area contributed by atoms with Gasteiger partial charge in [0.05, 0.1) is 12.0 Å². The number of aldehydes is 2. The van der Waals surface area contributed by atoms with Crippen LogP contribution in [-0.2, 0) is 23.9 Å². The van der Waals surface area contributed by atoms with Crippen LogP contribution in [0.1, 0.15) is 39.5 Å². The van der Waals surface area contributed by atoms with Crippen molar-refractivity contribution in [1.82, 2.24) is 5.32 Å². The maximum Gasteiger partial charge on any atom is 0.226 e. The van der Waals surface area contributed by atoms with Crippen molar-refractivity contribution in [2.45, 2.75) is 63.1 Å². The summed E-state index contributed by atoms with van der Waals surface area (Å²) < 4.78 is 11.1. The van der Waals surface area contributed by atoms with Gasteiger partial charge in [0.25, 0.3) is 0 Å². The van der Waals surface area contributed by atoms with Gasteiger partial charge in [0.2, 0.25) is 5.91 Å². The number of fused-ring (bicyclic) bond motifs is 1. The minimum Gasteiger partial charge on any atom is -0.390 e. The van der Waals surface area contributed by atoms with Crippen LogP contribution in [0, 0.1) is 11.8 Å². The molecule has 0 spiro atoms. The fourth-order valence-corrected chi connectivity index (χ4v) is 4.07. The zero-order chi connectivity index (χ0) is 17.3. The molecule has 3 unspecified atom stereocenters. The van der Waals surface area contributed by atoms with Gasteiger partial charge < -0.3 is 29.5 Å². The Morgan fingerprint density at radius 1 is 1.48 bits per heavy atom. The lowest BCUT2D eigenvalue weighted by Crippen LogP contribution is -2.82. The molecule has 7 heteroatoms. The number of nitrogens with one attached hydrogen (secondary N) is 1. The summed E-state index contributed by atoms with van der Waals surface area (Å²) in [5.74, 6) is -1.32. The molecule has 23 heavy (non-hydrogen) atoms. The van der Waals surface area contributed by atoms with E-state index in [1.165, 1.54) is 7.11 Å². The van der Waals surface area contributed by atoms with E-state index in [0.29, 0.717) is 32.0 Å². The van der Waals surface area contributed by atoms with E-state index < -0.39 is 35.4 Å². The minimum absolute atomic E-state index is 0.203. The van der Waals surface area contributed by atoms with E-state index in [1.54, 1.807) is 6.92 Å². The van der Waals surface area contributed by atoms with Crippen molar-refractivity contribution in [3.05, 3.63) is 0 Å². The van der Waals surface area contributed by atoms with Crippen LogP contribution in [0.3, 0.4) is 0 Å². The lowest BCUT2D eigenvalue weighted by molar-refractivity contribution is -0.377. The summed E-state index contributed by atoms with van der Waals surface area (Å²) in [6.45, 7) is 3.65. The predicted molar refractivity (Wildman–Crippen MR) is 80.4 cm³/mol. The highest BCUT2D eigenvalue weighted by molar-refractivity contribution is 5.86. The highest BCUT2D eigenvalue weighted by Crippen LogP contribution is 2.55. The van der Waals surface area contributed by atoms with Crippen molar-refractivity contribution in [3.63, 3.8) is 0 Å². The van der Waals surface area contributed by atoms with Crippen molar-refractivity contribution in [3.8, 4) is 0 Å². The Kier molecular flexibility index (Phi) is 5.23. The summed E-state index contributed by atoms with van der Waals surface area (Å²) in [6, 6.07) is 0. The first-order valence-corrected chi connectivity index (χ1v) is 8.02. The summed E-state index contributed by atoms with van der Waals surface area (Å²) in [4.78, 5) is 34.2. The average Bonchev–Trinajstić information content (AvgIpc) is 2.70. The second-order valence-corrected chi connectivity index (χ2v) is 6.45. The third-order valence-corrected chi connectivity index (χ3v) is 5.39. The number of carbonyl (C=O) groups excluding carboxylic acids is 3. The zero-order valence-corrected chi connectivity index (χ0v) is 13.8. The van der Waals surface area contributed by atoms with Gasteiger partial charge in [-0.2, -0.15) is 0 Å². The second-order valence-electron chi connectivity index (χ2n) is 6.45. The Bertz CT molecular complexity index is 483. The molecule has 1 amide bonds. The molecule has 0 aliphatic carbocycles. The van der Waals surface area contributed by atoms with Crippen molar-refractivity contribution in [2.24, 2.45) is 11.8 Å². The van der Waals surface area contributed by atoms with Crippen LogP contribution in [-0.4, -0.2) is 54.2 Å². The summed E-state index contributed by atoms with van der Waals surface area (Å²) in [6.07, 6.45) is 1.27. The third kappa shape index (κ3) is 2.42. The number of aliphatic hydroxyl groups excluding tert-OH is 1. The molecule has 0 aromatic heterocycles. The number of rotatable bonds is 9. The molecule has 2 N–H and O–H groups in total. The standard InChI is InChI=1S/C16H25NO6/c1-4-11-13(21)17-16(14(22-3)23-15(11,16)2)12(20)10(9-19)7-5-6-8-18/h8-12,14,20H,4-7H2,1-3H3,(H,17,21)/t10?,11-,12?,14?,15-,16-/m0/s1. The first-order valence-electron chi connectivity index (χ1n) is 8.02. The number of hydrogen-bond acceptors (Lipinski definition) is 6. The summed E-state index contributed by atoms with van der Waals surface area (Å²) >= 11 is 0. The lowest BCUT2D eigenvalue weighted by atomic mass is 9.64. The molecule has 0 saturated carbocycles. The predicted octanol–water partition coefficient (Wildman–Crippen LogP) is 0.188. The maximum absolute atomic E-state index is 12.3. The van der Waals surface area contributed by atoms with Crippen LogP contribution in [0.25, 0.3) is 0 Å². The van der Waals surface area contributed by atoms with Crippen LogP contribution in [0.4, 0.5) is 0 Å². The summed E-state index contributed by atoms with van der Waals surface area (Å²) in [7, 11) is 1.44. The summed E-state index contributed by atoms with van der Waals surface area (Å²) in [5.41, 5.74) is -2.07. The largest absolute Gasteiger partial charge is 0.390 e. The smallest absolute Gasteiger partial charge is 0.226 e. The Hall–Kier alpha value is -1.31. The number of carbonyl (C=O) groups is 3. The summed E-state index contributed by atoms with van der Waals surface area (Å²) in [5, 5.41) is 13.7. The monoisotopic (exact) mass is 327 g/mol. The lowest BCUT2D eigenvalue weighted by Gasteiger charge is -2.60. The molecular formula is C16H25NO6. The SMILES string of the molecule is CC[C@H]1C(=O)N[C@@]2(C(O)C(C=O)CCCC=O)C(OC)O[C@@]12C. The molecule has 2 heterocycles. The van der Waals surface area contributed by atoms with Crippen LogP contribution in [0.15, 0.2) is 0 Å². The molecule has 6 atom stereocenters. The quantitative estimate of drug-likeness (QED) is 0.463. The van der Waals surface area contributed by atoms with E-state index in [-0.39, 0.29) is 5.91 Å². The molecule has 0 aromatic rings. The van der Waals surface area contributed by atoms with Crippen LogP contribution < -0.4 is 5.32 Å². The van der Waals surface area contributed by atoms with Crippen molar-refractivity contribution in [2.75, 3.05) is 7.11 Å². The van der Waals surface area contributed by atoms with Gasteiger partial charge >= 0.3 is 0 Å². The fourth-order valence-electron chi connectivity index (χ4n) is 4.07. The van der Waals surface area contributed by atoms with Crippen LogP contribution in [0.5, 0.6) is 0 Å². The maximum atomic E-state index is 12.3. The van der Waals surface area contributed by atoms with Gasteiger partial charge in [-0.3, -0.25) is 4.79 Å². The van der Waals surface area contributed by atoms with Gasteiger partial charge in [-0.25, -0.2) is 0 Å². The average molecular weight is 327 g/mol. The first kappa shape index (κ1) is 18.0. The Balaban J connectivity index is 2.29. The third-order valence-electron chi connectivity index (χ3n) is 5.39. The van der Waals surface area contributed by atoms with Crippen molar-refractivity contribution < 1.29 is 29.0 Å². The Morgan fingerprint density at radius 2 is 2.17 bits per heavy atom. The number of amides is 1. The molecule has 2 rings (SSSR count). The Labute approximate surface area is 135 Å². The number of ether oxygens (including phenoxy) is 2. The molecule has 2 fully saturated rings. The molecule has 0 radical (unpaired) electrons. The Morgan fingerprint density at radius 3 is 2.70 bits per heavy atom. The molecule has 2 aliphatic heterocycles. The van der Waals surface area contributed by atoms with Crippen LogP contribution in [0.2, 0.25) is 0 Å². The van der Waals surface area contributed by atoms with E-state index in [9.17, 15) is 19.5 Å². The minimum atomic E-state index is -1.15. The normalized spacial score (nSPS) is 38.2. The molecule has 0 aromatic carbocycles. The van der Waals surface area contributed by atoms with E-state index in [1.807, 2.05) is 6.92 Å². The van der Waals surface area contributed by atoms with Gasteiger partial charge in [-0.15, -0.1) is 0 Å². The topological polar surface area (TPSA) is 102 Å². The van der Waals surface area contributed by atoms with E-state index in [4.69, 9.17) is 9.47 Å². The number of unbranched alkanes of at least 4 members (excludes halogenated alkanes) is 1. The molecule has 0 bridgehead atoms. The van der Waals surface area contributed by atoms with Gasteiger partial charge in [-0.05, 0) is 26.2 Å². The van der Waals surface area contributed by atoms with Crippen LogP contribution >= 0.6 is 0 Å². The first-order chi connectivity index (χ1) is 10.9.